The number of carbonyl (C=O) groups excluding carboxylic acids is 3. The maximum atomic E-state index is 12.2. The Bertz CT molecular complexity index is 875. The quantitative estimate of drug-likeness (QED) is 0.687. The van der Waals surface area contributed by atoms with Gasteiger partial charge < -0.3 is 14.8 Å². The fourth-order valence-corrected chi connectivity index (χ4v) is 2.34. The van der Waals surface area contributed by atoms with Gasteiger partial charge in [-0.2, -0.15) is 0 Å². The predicted molar refractivity (Wildman–Crippen MR) is 110 cm³/mol. The summed E-state index contributed by atoms with van der Waals surface area (Å²) in [6.45, 7) is 5.12. The highest BCUT2D eigenvalue weighted by molar-refractivity contribution is 6.30. The third-order valence-corrected chi connectivity index (χ3v) is 3.73. The summed E-state index contributed by atoms with van der Waals surface area (Å²) in [6, 6.07) is 13.2. The van der Waals surface area contributed by atoms with Gasteiger partial charge in [0.15, 0.2) is 6.61 Å². The van der Waals surface area contributed by atoms with E-state index in [9.17, 15) is 14.4 Å². The van der Waals surface area contributed by atoms with E-state index in [1.54, 1.807) is 57.2 Å². The van der Waals surface area contributed by atoms with Gasteiger partial charge >= 0.3 is 12.1 Å². The highest BCUT2D eigenvalue weighted by Crippen LogP contribution is 2.14. The van der Waals surface area contributed by atoms with Crippen LogP contribution in [-0.2, 0) is 20.8 Å². The van der Waals surface area contributed by atoms with Gasteiger partial charge in [-0.3, -0.25) is 10.1 Å². The molecule has 0 atom stereocenters. The van der Waals surface area contributed by atoms with Crippen molar-refractivity contribution in [3.63, 3.8) is 0 Å². The van der Waals surface area contributed by atoms with Crippen molar-refractivity contribution >= 4 is 35.3 Å². The van der Waals surface area contributed by atoms with Gasteiger partial charge in [0.2, 0.25) is 0 Å². The first-order valence-corrected chi connectivity index (χ1v) is 9.28. The number of hydrogen-bond acceptors (Lipinski definition) is 5. The molecule has 154 valence electrons. The van der Waals surface area contributed by atoms with Crippen molar-refractivity contribution in [3.05, 3.63) is 64.7 Å². The van der Waals surface area contributed by atoms with Crippen LogP contribution in [0.3, 0.4) is 0 Å². The molecule has 2 aromatic rings. The molecule has 2 aromatic carbocycles. The van der Waals surface area contributed by atoms with Crippen LogP contribution in [0.4, 0.5) is 10.5 Å². The minimum Gasteiger partial charge on any atom is -0.452 e. The first kappa shape index (κ1) is 22.2. The molecule has 2 amide bonds. The van der Waals surface area contributed by atoms with Gasteiger partial charge in [-0.05, 0) is 56.7 Å². The Labute approximate surface area is 174 Å². The summed E-state index contributed by atoms with van der Waals surface area (Å²) in [6.07, 6.45) is -0.635. The minimum absolute atomic E-state index is 0.198. The molecule has 0 aromatic heterocycles. The zero-order valence-electron chi connectivity index (χ0n) is 16.5. The normalized spacial score (nSPS) is 10.8. The number of carbonyl (C=O) groups is 3. The largest absolute Gasteiger partial charge is 0.452 e. The predicted octanol–water partition coefficient (Wildman–Crippen LogP) is 4.16. The fraction of sp³-hybridized carbons (Fsp3) is 0.286. The number of esters is 1. The SMILES string of the molecule is CC(C)(C)OC(=O)Nc1cccc(C(=O)OCC(=O)NCc2ccc(Cl)cc2)c1. The second kappa shape index (κ2) is 9.93. The van der Waals surface area contributed by atoms with Crippen LogP contribution in [-0.4, -0.2) is 30.2 Å². The number of nitrogens with one attached hydrogen (secondary N) is 2. The van der Waals surface area contributed by atoms with E-state index in [2.05, 4.69) is 10.6 Å². The standard InChI is InChI=1S/C21H23ClN2O5/c1-21(2,3)29-20(27)24-17-6-4-5-15(11-17)19(26)28-13-18(25)23-12-14-7-9-16(22)10-8-14/h4-11H,12-13H2,1-3H3,(H,23,25)(H,24,27). The summed E-state index contributed by atoms with van der Waals surface area (Å²) in [7, 11) is 0. The second-order valence-electron chi connectivity index (χ2n) is 7.19. The lowest BCUT2D eigenvalue weighted by Crippen LogP contribution is -2.28. The Morgan fingerprint density at radius 1 is 1.03 bits per heavy atom. The summed E-state index contributed by atoms with van der Waals surface area (Å²) in [5.74, 6) is -1.11. The summed E-state index contributed by atoms with van der Waals surface area (Å²) in [5, 5.41) is 5.80. The molecule has 0 saturated heterocycles. The van der Waals surface area contributed by atoms with Crippen LogP contribution in [0.15, 0.2) is 48.5 Å². The van der Waals surface area contributed by atoms with E-state index in [1.165, 1.54) is 12.1 Å². The lowest BCUT2D eigenvalue weighted by atomic mass is 10.2. The molecule has 0 saturated carbocycles. The van der Waals surface area contributed by atoms with Gasteiger partial charge in [0.25, 0.3) is 5.91 Å². The van der Waals surface area contributed by atoms with E-state index >= 15 is 0 Å². The Morgan fingerprint density at radius 3 is 2.38 bits per heavy atom. The lowest BCUT2D eigenvalue weighted by Gasteiger charge is -2.19. The van der Waals surface area contributed by atoms with Crippen molar-refractivity contribution < 1.29 is 23.9 Å². The van der Waals surface area contributed by atoms with Crippen molar-refractivity contribution in [1.82, 2.24) is 5.32 Å². The molecule has 2 rings (SSSR count). The molecule has 8 heteroatoms. The molecule has 2 N–H and O–H groups in total. The van der Waals surface area contributed by atoms with Gasteiger partial charge in [-0.1, -0.05) is 29.8 Å². The molecule has 0 spiro atoms. The van der Waals surface area contributed by atoms with E-state index in [4.69, 9.17) is 21.1 Å². The molecule has 0 radical (unpaired) electrons. The summed E-state index contributed by atoms with van der Waals surface area (Å²) in [4.78, 5) is 35.9. The fourth-order valence-electron chi connectivity index (χ4n) is 2.21. The molecular weight excluding hydrogens is 396 g/mol. The topological polar surface area (TPSA) is 93.7 Å². The van der Waals surface area contributed by atoms with Gasteiger partial charge in [0.1, 0.15) is 5.60 Å². The minimum atomic E-state index is -0.681. The van der Waals surface area contributed by atoms with E-state index in [1.807, 2.05) is 0 Å². The monoisotopic (exact) mass is 418 g/mol. The molecule has 0 bridgehead atoms. The van der Waals surface area contributed by atoms with Gasteiger partial charge in [0.05, 0.1) is 5.56 Å². The number of ether oxygens (including phenoxy) is 2. The number of benzene rings is 2. The van der Waals surface area contributed by atoms with E-state index in [-0.39, 0.29) is 5.56 Å². The molecule has 0 fully saturated rings. The smallest absolute Gasteiger partial charge is 0.412 e. The highest BCUT2D eigenvalue weighted by atomic mass is 35.5. The van der Waals surface area contributed by atoms with Crippen LogP contribution in [0.25, 0.3) is 0 Å². The average Bonchev–Trinajstić information content (AvgIpc) is 2.64. The van der Waals surface area contributed by atoms with E-state index < -0.39 is 30.2 Å². The molecule has 0 heterocycles. The zero-order valence-corrected chi connectivity index (χ0v) is 17.2. The van der Waals surface area contributed by atoms with Crippen molar-refractivity contribution in [2.24, 2.45) is 0 Å². The second-order valence-corrected chi connectivity index (χ2v) is 7.62. The molecule has 0 unspecified atom stereocenters. The van der Waals surface area contributed by atoms with Crippen LogP contribution in [0, 0.1) is 0 Å². The third kappa shape index (κ3) is 8.23. The van der Waals surface area contributed by atoms with Crippen molar-refractivity contribution in [1.29, 1.82) is 0 Å². The first-order valence-electron chi connectivity index (χ1n) is 8.91. The zero-order chi connectivity index (χ0) is 21.4. The lowest BCUT2D eigenvalue weighted by molar-refractivity contribution is -0.124. The Morgan fingerprint density at radius 2 is 1.72 bits per heavy atom. The molecular formula is C21H23ClN2O5. The first-order chi connectivity index (χ1) is 13.6. The van der Waals surface area contributed by atoms with Crippen LogP contribution in [0.2, 0.25) is 5.02 Å². The van der Waals surface area contributed by atoms with Crippen molar-refractivity contribution in [3.8, 4) is 0 Å². The van der Waals surface area contributed by atoms with Gasteiger partial charge in [0, 0.05) is 17.3 Å². The number of amides is 2. The van der Waals surface area contributed by atoms with Crippen LogP contribution in [0.5, 0.6) is 0 Å². The van der Waals surface area contributed by atoms with Crippen LogP contribution in [0.1, 0.15) is 36.7 Å². The maximum Gasteiger partial charge on any atom is 0.412 e. The molecule has 0 aliphatic heterocycles. The maximum absolute atomic E-state index is 12.2. The number of hydrogen-bond donors (Lipinski definition) is 2. The van der Waals surface area contributed by atoms with E-state index in [0.29, 0.717) is 17.3 Å². The Kier molecular flexibility index (Phi) is 7.61. The molecule has 7 nitrogen and oxygen atoms in total. The Balaban J connectivity index is 1.83. The van der Waals surface area contributed by atoms with Crippen molar-refractivity contribution in [2.75, 3.05) is 11.9 Å². The van der Waals surface area contributed by atoms with E-state index in [0.717, 1.165) is 5.56 Å². The Hall–Kier alpha value is -3.06. The number of anilines is 1. The van der Waals surface area contributed by atoms with Crippen molar-refractivity contribution in [2.45, 2.75) is 32.9 Å². The summed E-state index contributed by atoms with van der Waals surface area (Å²) in [5.41, 5.74) is 0.806. The van der Waals surface area contributed by atoms with Gasteiger partial charge in [-0.15, -0.1) is 0 Å². The highest BCUT2D eigenvalue weighted by Gasteiger charge is 2.17. The molecule has 0 aliphatic carbocycles. The van der Waals surface area contributed by atoms with Crippen LogP contribution < -0.4 is 10.6 Å². The number of halogens is 1. The summed E-state index contributed by atoms with van der Waals surface area (Å²) < 4.78 is 10.2. The third-order valence-electron chi connectivity index (χ3n) is 3.48. The average molecular weight is 419 g/mol. The molecule has 29 heavy (non-hydrogen) atoms. The number of rotatable bonds is 6. The summed E-state index contributed by atoms with van der Waals surface area (Å²) >= 11 is 5.81. The van der Waals surface area contributed by atoms with Crippen LogP contribution >= 0.6 is 11.6 Å². The van der Waals surface area contributed by atoms with Gasteiger partial charge in [-0.25, -0.2) is 9.59 Å². The molecule has 0 aliphatic rings.